The zero-order valence-electron chi connectivity index (χ0n) is 12.8. The molecule has 0 fully saturated rings. The Morgan fingerprint density at radius 2 is 1.90 bits per heavy atom. The molecule has 0 atom stereocenters. The van der Waals surface area contributed by atoms with E-state index in [1.54, 1.807) is 33.0 Å². The van der Waals surface area contributed by atoms with Crippen molar-refractivity contribution in [1.29, 1.82) is 0 Å². The van der Waals surface area contributed by atoms with Gasteiger partial charge in [0.15, 0.2) is 0 Å². The van der Waals surface area contributed by atoms with Crippen molar-refractivity contribution in [3.63, 3.8) is 0 Å². The van der Waals surface area contributed by atoms with E-state index in [4.69, 9.17) is 4.74 Å². The molecule has 1 aromatic heterocycles. The molecule has 1 heterocycles. The van der Waals surface area contributed by atoms with Gasteiger partial charge in [-0.15, -0.1) is 0 Å². The number of aromatic nitrogens is 1. The minimum atomic E-state index is -0.536. The highest BCUT2D eigenvalue weighted by molar-refractivity contribution is 5.88. The Morgan fingerprint density at radius 1 is 1.24 bits per heavy atom. The van der Waals surface area contributed by atoms with Crippen molar-refractivity contribution >= 4 is 17.9 Å². The van der Waals surface area contributed by atoms with Crippen LogP contribution in [0.1, 0.15) is 26.3 Å². The second-order valence-electron chi connectivity index (χ2n) is 5.53. The van der Waals surface area contributed by atoms with Crippen LogP contribution in [0.25, 0.3) is 0 Å². The maximum absolute atomic E-state index is 11.6. The molecular formula is C14H22N4O3. The van der Waals surface area contributed by atoms with Crippen molar-refractivity contribution in [3.8, 4) is 0 Å². The molecule has 0 aliphatic rings. The normalized spacial score (nSPS) is 10.7. The Kier molecular flexibility index (Phi) is 5.95. The molecule has 0 radical (unpaired) electrons. The zero-order chi connectivity index (χ0) is 15.9. The summed E-state index contributed by atoms with van der Waals surface area (Å²) >= 11 is 0. The smallest absolute Gasteiger partial charge is 0.407 e. The van der Waals surface area contributed by atoms with Crippen LogP contribution in [0.3, 0.4) is 0 Å². The average Bonchev–Trinajstić information content (AvgIpc) is 2.32. The number of aryl methyl sites for hydroxylation is 1. The third-order valence-electron chi connectivity index (χ3n) is 2.24. The van der Waals surface area contributed by atoms with Gasteiger partial charge in [0.05, 0.1) is 0 Å². The molecule has 3 N–H and O–H groups in total. The number of carbonyl (C=O) groups is 2. The molecule has 0 unspecified atom stereocenters. The lowest BCUT2D eigenvalue weighted by molar-refractivity contribution is 0.0528. The maximum atomic E-state index is 11.6. The lowest BCUT2D eigenvalue weighted by Gasteiger charge is -2.19. The molecule has 116 valence electrons. The Balaban J connectivity index is 2.21. The quantitative estimate of drug-likeness (QED) is 0.741. The molecule has 21 heavy (non-hydrogen) atoms. The fourth-order valence-electron chi connectivity index (χ4n) is 1.42. The predicted molar refractivity (Wildman–Crippen MR) is 80.2 cm³/mol. The van der Waals surface area contributed by atoms with Crippen molar-refractivity contribution in [2.24, 2.45) is 0 Å². The first-order valence-electron chi connectivity index (χ1n) is 6.70. The maximum Gasteiger partial charge on any atom is 0.407 e. The second kappa shape index (κ2) is 7.47. The van der Waals surface area contributed by atoms with Gasteiger partial charge in [0.25, 0.3) is 0 Å². The van der Waals surface area contributed by atoms with Gasteiger partial charge in [-0.3, -0.25) is 5.32 Å². The van der Waals surface area contributed by atoms with E-state index in [0.717, 1.165) is 5.56 Å². The number of hydrogen-bond donors (Lipinski definition) is 3. The number of pyridine rings is 1. The van der Waals surface area contributed by atoms with Gasteiger partial charge >= 0.3 is 12.1 Å². The molecule has 7 nitrogen and oxygen atoms in total. The van der Waals surface area contributed by atoms with E-state index in [0.29, 0.717) is 5.82 Å². The summed E-state index contributed by atoms with van der Waals surface area (Å²) < 4.78 is 5.07. The molecule has 1 aromatic rings. The Bertz CT molecular complexity index is 497. The van der Waals surface area contributed by atoms with Gasteiger partial charge in [0.1, 0.15) is 11.4 Å². The van der Waals surface area contributed by atoms with Crippen LogP contribution < -0.4 is 16.0 Å². The lowest BCUT2D eigenvalue weighted by Crippen LogP contribution is -2.39. The van der Waals surface area contributed by atoms with Crippen LogP contribution in [0.2, 0.25) is 0 Å². The van der Waals surface area contributed by atoms with Crippen molar-refractivity contribution < 1.29 is 14.3 Å². The molecule has 0 aromatic carbocycles. The van der Waals surface area contributed by atoms with Crippen molar-refractivity contribution in [3.05, 3.63) is 23.9 Å². The molecule has 0 saturated carbocycles. The molecule has 0 saturated heterocycles. The van der Waals surface area contributed by atoms with Gasteiger partial charge < -0.3 is 15.4 Å². The first kappa shape index (κ1) is 16.7. The van der Waals surface area contributed by atoms with Crippen LogP contribution in [0, 0.1) is 6.92 Å². The van der Waals surface area contributed by atoms with E-state index in [1.165, 1.54) is 0 Å². The van der Waals surface area contributed by atoms with Crippen LogP contribution in [-0.2, 0) is 4.74 Å². The summed E-state index contributed by atoms with van der Waals surface area (Å²) in [5, 5.41) is 7.76. The third kappa shape index (κ3) is 7.76. The fraction of sp³-hybridized carbons (Fsp3) is 0.500. The number of nitrogens with one attached hydrogen (secondary N) is 3. The fourth-order valence-corrected chi connectivity index (χ4v) is 1.42. The summed E-state index contributed by atoms with van der Waals surface area (Å²) in [6.07, 6.45) is 1.11. The van der Waals surface area contributed by atoms with E-state index in [9.17, 15) is 9.59 Å². The van der Waals surface area contributed by atoms with Crippen LogP contribution in [0.15, 0.2) is 18.3 Å². The summed E-state index contributed by atoms with van der Waals surface area (Å²) in [6, 6.07) is 3.23. The molecular weight excluding hydrogens is 272 g/mol. The molecule has 0 aliphatic heterocycles. The van der Waals surface area contributed by atoms with Gasteiger partial charge in [-0.25, -0.2) is 14.6 Å². The summed E-state index contributed by atoms with van der Waals surface area (Å²) in [5.74, 6) is 0.479. The van der Waals surface area contributed by atoms with Gasteiger partial charge in [0.2, 0.25) is 0 Å². The van der Waals surface area contributed by atoms with Crippen molar-refractivity contribution in [2.45, 2.75) is 33.3 Å². The minimum absolute atomic E-state index is 0.281. The van der Waals surface area contributed by atoms with Crippen LogP contribution in [0.4, 0.5) is 15.4 Å². The van der Waals surface area contributed by atoms with Crippen molar-refractivity contribution in [2.75, 3.05) is 18.4 Å². The topological polar surface area (TPSA) is 92.4 Å². The zero-order valence-corrected chi connectivity index (χ0v) is 12.8. The molecule has 1 rings (SSSR count). The largest absolute Gasteiger partial charge is 0.444 e. The molecule has 0 spiro atoms. The van der Waals surface area contributed by atoms with Gasteiger partial charge in [-0.05, 0) is 45.4 Å². The Labute approximate surface area is 124 Å². The Morgan fingerprint density at radius 3 is 2.52 bits per heavy atom. The standard InChI is InChI=1S/C14H22N4O3/c1-10-5-6-15-11(9-10)18-12(19)16-7-8-17-13(20)21-14(2,3)4/h5-6,9H,7-8H2,1-4H3,(H,17,20)(H2,15,16,18,19). The Hall–Kier alpha value is -2.31. The minimum Gasteiger partial charge on any atom is -0.444 e. The number of alkyl carbamates (subject to hydrolysis) is 1. The van der Waals surface area contributed by atoms with Gasteiger partial charge in [-0.2, -0.15) is 0 Å². The van der Waals surface area contributed by atoms with Crippen LogP contribution >= 0.6 is 0 Å². The molecule has 3 amide bonds. The van der Waals surface area contributed by atoms with E-state index >= 15 is 0 Å². The SMILES string of the molecule is Cc1ccnc(NC(=O)NCCNC(=O)OC(C)(C)C)c1. The molecule has 0 bridgehead atoms. The van der Waals surface area contributed by atoms with Crippen LogP contribution in [0.5, 0.6) is 0 Å². The predicted octanol–water partition coefficient (Wildman–Crippen LogP) is 2.04. The number of hydrogen-bond acceptors (Lipinski definition) is 4. The summed E-state index contributed by atoms with van der Waals surface area (Å²) in [7, 11) is 0. The summed E-state index contributed by atoms with van der Waals surface area (Å²) in [4.78, 5) is 27.0. The van der Waals surface area contributed by atoms with E-state index in [1.807, 2.05) is 13.0 Å². The number of ether oxygens (including phenoxy) is 1. The third-order valence-corrected chi connectivity index (χ3v) is 2.24. The number of anilines is 1. The lowest BCUT2D eigenvalue weighted by atomic mass is 10.2. The first-order chi connectivity index (χ1) is 9.76. The highest BCUT2D eigenvalue weighted by Crippen LogP contribution is 2.06. The number of urea groups is 1. The van der Waals surface area contributed by atoms with E-state index < -0.39 is 11.7 Å². The van der Waals surface area contributed by atoms with Crippen molar-refractivity contribution in [1.82, 2.24) is 15.6 Å². The number of carbonyl (C=O) groups excluding carboxylic acids is 2. The number of amides is 3. The van der Waals surface area contributed by atoms with E-state index in [-0.39, 0.29) is 19.1 Å². The number of rotatable bonds is 4. The first-order valence-corrected chi connectivity index (χ1v) is 6.70. The molecule has 7 heteroatoms. The number of nitrogens with zero attached hydrogens (tertiary/aromatic N) is 1. The van der Waals surface area contributed by atoms with Gasteiger partial charge in [-0.1, -0.05) is 0 Å². The summed E-state index contributed by atoms with van der Waals surface area (Å²) in [6.45, 7) is 7.84. The van der Waals surface area contributed by atoms with Gasteiger partial charge in [0, 0.05) is 19.3 Å². The average molecular weight is 294 g/mol. The highest BCUT2D eigenvalue weighted by atomic mass is 16.6. The molecule has 0 aliphatic carbocycles. The monoisotopic (exact) mass is 294 g/mol. The summed E-state index contributed by atoms with van der Waals surface area (Å²) in [5.41, 5.74) is 0.470. The second-order valence-corrected chi connectivity index (χ2v) is 5.53. The van der Waals surface area contributed by atoms with E-state index in [2.05, 4.69) is 20.9 Å². The highest BCUT2D eigenvalue weighted by Gasteiger charge is 2.15. The van der Waals surface area contributed by atoms with Crippen LogP contribution in [-0.4, -0.2) is 35.8 Å².